The predicted molar refractivity (Wildman–Crippen MR) is 334 cm³/mol. The van der Waals surface area contributed by atoms with E-state index in [1.54, 1.807) is 25.1 Å². The molecule has 2 amide bonds. The molecule has 19 heteroatoms. The highest BCUT2D eigenvalue weighted by Crippen LogP contribution is 2.48. The van der Waals surface area contributed by atoms with Gasteiger partial charge < -0.3 is 20.4 Å². The number of amides is 2. The Hall–Kier alpha value is -6.12. The van der Waals surface area contributed by atoms with Gasteiger partial charge in [-0.3, -0.25) is 18.4 Å². The number of benzene rings is 5. The molecule has 0 saturated heterocycles. The molecule has 4 aromatic rings. The average molecular weight is 1180 g/mol. The second-order valence-electron chi connectivity index (χ2n) is 24.6. The smallest absolute Gasteiger partial charge is 0.295 e. The van der Waals surface area contributed by atoms with Crippen LogP contribution in [0.1, 0.15) is 167 Å². The fraction of sp³-hybridized carbons (Fsp3) is 0.476. The Morgan fingerprint density at radius 3 is 1.79 bits per heavy atom. The second-order valence-corrected chi connectivity index (χ2v) is 28.6. The minimum atomic E-state index is -4.98. The number of hydrogen-bond donors (Lipinski definition) is 6. The number of hydrogen-bond acceptors (Lipinski definition) is 11. The molecule has 0 radical (unpaired) electrons. The van der Waals surface area contributed by atoms with Crippen molar-refractivity contribution in [2.75, 3.05) is 20.3 Å². The van der Waals surface area contributed by atoms with Gasteiger partial charge in [0.1, 0.15) is 21.1 Å². The molecule has 2 atom stereocenters. The number of carbonyl (C=O) groups excluding carboxylic acids is 2. The van der Waals surface area contributed by atoms with E-state index in [1.807, 2.05) is 102 Å². The van der Waals surface area contributed by atoms with Crippen molar-refractivity contribution in [3.8, 4) is 22.5 Å². The lowest BCUT2D eigenvalue weighted by Gasteiger charge is -2.29. The van der Waals surface area contributed by atoms with Crippen molar-refractivity contribution < 1.29 is 43.8 Å². The van der Waals surface area contributed by atoms with Crippen molar-refractivity contribution >= 4 is 87.9 Å². The van der Waals surface area contributed by atoms with E-state index in [4.69, 9.17) is 9.41 Å². The lowest BCUT2D eigenvalue weighted by molar-refractivity contribution is -0.118. The molecule has 5 N–H and O–H groups in total. The predicted octanol–water partition coefficient (Wildman–Crippen LogP) is 14.6. The Bertz CT molecular complexity index is 3730. The van der Waals surface area contributed by atoms with Crippen LogP contribution in [0.3, 0.4) is 0 Å². The maximum Gasteiger partial charge on any atom is 0.295 e. The van der Waals surface area contributed by atoms with Gasteiger partial charge in [-0.15, -0.1) is 0 Å². The molecule has 1 aliphatic carbocycles. The molecule has 2 aliphatic rings. The normalized spacial score (nSPS) is 13.5. The van der Waals surface area contributed by atoms with Crippen molar-refractivity contribution in [1.29, 1.82) is 0 Å². The van der Waals surface area contributed by atoms with Crippen molar-refractivity contribution in [3.63, 3.8) is 0 Å². The Kier molecular flexibility index (Phi) is 20.8. The largest absolute Gasteiger partial charge is 0.456 e. The number of nitrogens with zero attached hydrogens (tertiary/aromatic N) is 2. The number of carbonyl (C=O) groups is 2. The molecule has 0 aromatic heterocycles. The number of fused-ring (bicyclic) bond motifs is 2. The van der Waals surface area contributed by atoms with Gasteiger partial charge in [0.15, 0.2) is 0 Å². The SMILES string of the molecule is CCCCCC(C)NS(=O)(=O)c1cc2c(-c3ccccc3S(=O)(=O)O)c3cc(N(C(C)CCCCC)[SH](=O)=O)c(Nc4c(C)cc(C)c(NC(=O)CC(C)(C)C)c4C)cc3oc-2c/c1=N\c1c(C)cc(C)c(NC(=O)CC(C)(C)C)c1C. The summed E-state index contributed by atoms with van der Waals surface area (Å²) in [7, 11) is -12.8. The van der Waals surface area contributed by atoms with Crippen LogP contribution in [0.5, 0.6) is 0 Å². The summed E-state index contributed by atoms with van der Waals surface area (Å²) in [6.45, 7) is 30.8. The third-order valence-corrected chi connectivity index (χ3v) is 18.1. The highest BCUT2D eigenvalue weighted by Gasteiger charge is 2.31. The van der Waals surface area contributed by atoms with Crippen LogP contribution in [0.4, 0.5) is 34.1 Å². The van der Waals surface area contributed by atoms with Gasteiger partial charge in [0.05, 0.1) is 22.4 Å². The van der Waals surface area contributed by atoms with Gasteiger partial charge in [0.2, 0.25) is 32.7 Å². The van der Waals surface area contributed by atoms with Gasteiger partial charge in [-0.25, -0.2) is 26.6 Å². The van der Waals surface area contributed by atoms with Gasteiger partial charge in [-0.05, 0) is 131 Å². The first-order valence-corrected chi connectivity index (χ1v) is 32.5. The summed E-state index contributed by atoms with van der Waals surface area (Å²) in [5, 5.41) is 9.92. The van der Waals surface area contributed by atoms with Crippen molar-refractivity contribution in [3.05, 3.63) is 99.4 Å². The van der Waals surface area contributed by atoms with E-state index in [0.29, 0.717) is 52.3 Å². The number of thiol groups is 1. The van der Waals surface area contributed by atoms with E-state index in [9.17, 15) is 31.0 Å². The molecule has 0 bridgehead atoms. The lowest BCUT2D eigenvalue weighted by Crippen LogP contribution is -2.35. The first-order chi connectivity index (χ1) is 38.2. The maximum atomic E-state index is 15.2. The maximum absolute atomic E-state index is 15.2. The number of aryl methyl sites for hydroxylation is 4. The minimum absolute atomic E-state index is 0.0211. The zero-order valence-corrected chi connectivity index (χ0v) is 53.3. The van der Waals surface area contributed by atoms with Crippen LogP contribution in [0.25, 0.3) is 33.4 Å². The van der Waals surface area contributed by atoms with Gasteiger partial charge in [-0.1, -0.05) is 124 Å². The Balaban J connectivity index is 1.82. The number of rotatable bonds is 23. The molecule has 1 heterocycles. The second kappa shape index (κ2) is 26.2. The Morgan fingerprint density at radius 1 is 0.683 bits per heavy atom. The summed E-state index contributed by atoms with van der Waals surface area (Å²) in [6, 6.07) is 14.6. The molecule has 0 saturated carbocycles. The van der Waals surface area contributed by atoms with Gasteiger partial charge in [-0.2, -0.15) is 8.42 Å². The topological polar surface area (TPSA) is 234 Å². The fourth-order valence-corrected chi connectivity index (χ4v) is 13.7. The van der Waals surface area contributed by atoms with Crippen LogP contribution in [-0.2, 0) is 40.6 Å². The van der Waals surface area contributed by atoms with Gasteiger partial charge in [0, 0.05) is 76.2 Å². The monoisotopic (exact) mass is 1180 g/mol. The molecule has 4 aromatic carbocycles. The average Bonchev–Trinajstić information content (AvgIpc) is 2.26. The zero-order valence-electron chi connectivity index (χ0n) is 50.8. The molecule has 82 heavy (non-hydrogen) atoms. The Labute approximate surface area is 488 Å². The molecule has 446 valence electrons. The van der Waals surface area contributed by atoms with Crippen LogP contribution in [0.2, 0.25) is 0 Å². The Morgan fingerprint density at radius 2 is 1.23 bits per heavy atom. The van der Waals surface area contributed by atoms with E-state index < -0.39 is 48.0 Å². The summed E-state index contributed by atoms with van der Waals surface area (Å²) in [5.41, 5.74) is 6.65. The first kappa shape index (κ1) is 65.0. The van der Waals surface area contributed by atoms with Crippen LogP contribution in [-0.4, -0.2) is 53.7 Å². The van der Waals surface area contributed by atoms with Crippen LogP contribution in [0.15, 0.2) is 79.9 Å². The summed E-state index contributed by atoms with van der Waals surface area (Å²) in [4.78, 5) is 31.3. The molecular formula is C63H86N6O10S3. The standard InChI is InChI=1S/C63H86N6O10S3/c1-17-19-21-25-41(7)68-81(74,75)54-32-47-52(34-49(54)65-59-38(4)30-40(6)61(44(59)10)67-56(71)36-63(14,15)16)79-51-33-48(64-58-37(3)29-39(5)60(43(58)9)66-55(70)35-62(11,12)13)50(69(80(72)73)42(8)26-22-20-18-2)31-46(51)57(47)45-27-23-24-28-53(45)82(76,77)78/h23-24,27-34,41-42,64,68,80H,17-22,25-26,35-36H2,1-16H3,(H,66,70)(H,67,71)(H,76,77,78)/b65-49+. The highest BCUT2D eigenvalue weighted by molar-refractivity contribution is 7.89. The number of sulfonamides is 1. The number of nitrogens with one attached hydrogen (secondary N) is 4. The van der Waals surface area contributed by atoms with Crippen LogP contribution >= 0.6 is 0 Å². The molecule has 2 unspecified atom stereocenters. The van der Waals surface area contributed by atoms with E-state index in [1.165, 1.54) is 34.6 Å². The summed E-state index contributed by atoms with van der Waals surface area (Å²) in [6.07, 6.45) is 6.59. The highest BCUT2D eigenvalue weighted by atomic mass is 32.2. The van der Waals surface area contributed by atoms with E-state index >= 15 is 8.42 Å². The third-order valence-electron chi connectivity index (χ3n) is 14.6. The molecule has 6 rings (SSSR count). The van der Waals surface area contributed by atoms with E-state index in [0.717, 1.165) is 55.2 Å². The first-order valence-electron chi connectivity index (χ1n) is 28.4. The van der Waals surface area contributed by atoms with E-state index in [2.05, 4.69) is 34.5 Å². The number of unbranched alkanes of at least 4 members (excludes halogenated alkanes) is 4. The summed E-state index contributed by atoms with van der Waals surface area (Å²) < 4.78 is 107. The van der Waals surface area contributed by atoms with Crippen LogP contribution < -0.4 is 30.3 Å². The van der Waals surface area contributed by atoms with Crippen molar-refractivity contribution in [2.24, 2.45) is 15.8 Å². The van der Waals surface area contributed by atoms with Gasteiger partial charge in [0.25, 0.3) is 10.1 Å². The summed E-state index contributed by atoms with van der Waals surface area (Å²) in [5.74, 6) is -0.308. The molecule has 0 spiro atoms. The number of anilines is 5. The molecule has 1 aliphatic heterocycles. The van der Waals surface area contributed by atoms with Crippen LogP contribution in [0, 0.1) is 52.4 Å². The van der Waals surface area contributed by atoms with Crippen molar-refractivity contribution in [2.45, 2.75) is 197 Å². The third kappa shape index (κ3) is 15.7. The summed E-state index contributed by atoms with van der Waals surface area (Å²) >= 11 is 0. The fourth-order valence-electron chi connectivity index (χ4n) is 10.8. The van der Waals surface area contributed by atoms with Gasteiger partial charge >= 0.3 is 0 Å². The minimum Gasteiger partial charge on any atom is -0.456 e. The zero-order chi connectivity index (χ0) is 61.0. The molecular weight excluding hydrogens is 1100 g/mol. The lowest BCUT2D eigenvalue weighted by atomic mass is 9.91. The molecule has 16 nitrogen and oxygen atoms in total. The quantitative estimate of drug-likeness (QED) is 0.0153. The molecule has 0 fully saturated rings. The van der Waals surface area contributed by atoms with E-state index in [-0.39, 0.29) is 90.5 Å². The van der Waals surface area contributed by atoms with Crippen molar-refractivity contribution in [1.82, 2.24) is 4.72 Å².